The Balaban J connectivity index is 2.24. The number of nitrogens with zero attached hydrogens (tertiary/aromatic N) is 2. The summed E-state index contributed by atoms with van der Waals surface area (Å²) < 4.78 is 12.6. The van der Waals surface area contributed by atoms with Gasteiger partial charge >= 0.3 is 5.97 Å². The van der Waals surface area contributed by atoms with Gasteiger partial charge in [-0.15, -0.1) is 0 Å². The molecule has 1 aliphatic rings. The number of hydrogen-bond acceptors (Lipinski definition) is 5. The fourth-order valence-electron chi connectivity index (χ4n) is 3.92. The lowest BCUT2D eigenvalue weighted by molar-refractivity contribution is 0.0693. The maximum absolute atomic E-state index is 12.7. The molecular weight excluding hydrogens is 420 g/mol. The molecule has 0 aliphatic carbocycles. The zero-order valence-electron chi connectivity index (χ0n) is 18.0. The van der Waals surface area contributed by atoms with Crippen molar-refractivity contribution in [3.05, 3.63) is 50.3 Å². The molecule has 164 valence electrons. The van der Waals surface area contributed by atoms with E-state index in [4.69, 9.17) is 21.1 Å². The zero-order valence-corrected chi connectivity index (χ0v) is 18.7. The summed E-state index contributed by atoms with van der Waals surface area (Å²) in [5.41, 5.74) is 0.250. The van der Waals surface area contributed by atoms with Gasteiger partial charge in [0.1, 0.15) is 22.9 Å². The Morgan fingerprint density at radius 2 is 2.06 bits per heavy atom. The van der Waals surface area contributed by atoms with Crippen molar-refractivity contribution in [2.75, 3.05) is 20.3 Å². The van der Waals surface area contributed by atoms with Crippen molar-refractivity contribution in [2.45, 2.75) is 39.7 Å². The summed E-state index contributed by atoms with van der Waals surface area (Å²) in [7, 11) is 1.63. The number of aromatic nitrogens is 1. The van der Waals surface area contributed by atoms with Crippen molar-refractivity contribution >= 4 is 17.6 Å². The summed E-state index contributed by atoms with van der Waals surface area (Å²) >= 11 is 6.46. The molecule has 0 radical (unpaired) electrons. The summed E-state index contributed by atoms with van der Waals surface area (Å²) in [5, 5.41) is 19.6. The number of aromatic carboxylic acids is 1. The molecule has 0 spiro atoms. The van der Waals surface area contributed by atoms with Crippen LogP contribution < -0.4 is 10.2 Å². The Hall–Kier alpha value is -2.82. The van der Waals surface area contributed by atoms with Crippen LogP contribution in [0.5, 0.6) is 5.75 Å². The summed E-state index contributed by atoms with van der Waals surface area (Å²) in [6.45, 7) is 7.12. The molecule has 1 N–H and O–H groups in total. The fraction of sp³-hybridized carbons (Fsp3) is 0.435. The quantitative estimate of drug-likeness (QED) is 0.666. The van der Waals surface area contributed by atoms with Crippen molar-refractivity contribution in [3.8, 4) is 23.1 Å². The van der Waals surface area contributed by atoms with E-state index >= 15 is 0 Å². The maximum Gasteiger partial charge on any atom is 0.341 e. The number of carboxylic acid groups (broad SMARTS) is 1. The molecule has 8 heteroatoms. The van der Waals surface area contributed by atoms with Gasteiger partial charge in [-0.25, -0.2) is 4.79 Å². The lowest BCUT2D eigenvalue weighted by Crippen LogP contribution is -2.34. The Kier molecular flexibility index (Phi) is 6.44. The van der Waals surface area contributed by atoms with E-state index in [2.05, 4.69) is 0 Å². The summed E-state index contributed by atoms with van der Waals surface area (Å²) in [6.07, 6.45) is 2.64. The summed E-state index contributed by atoms with van der Waals surface area (Å²) in [5.74, 6) is -0.825. The average Bonchev–Trinajstić information content (AvgIpc) is 2.69. The predicted molar refractivity (Wildman–Crippen MR) is 117 cm³/mol. The lowest BCUT2D eigenvalue weighted by Gasteiger charge is -2.39. The van der Waals surface area contributed by atoms with Gasteiger partial charge in [0.15, 0.2) is 0 Å². The SMILES string of the molecule is COCCCOc1cc2c(cc1Cl)-c1c(C#N)c(=O)c(C(=O)O)cn1C(C(C)(C)C)C2. The number of fused-ring (bicyclic) bond motifs is 3. The molecule has 1 aromatic heterocycles. The molecule has 1 aliphatic heterocycles. The second-order valence-electron chi connectivity index (χ2n) is 8.64. The van der Waals surface area contributed by atoms with E-state index in [1.807, 2.05) is 32.9 Å². The highest BCUT2D eigenvalue weighted by Gasteiger charge is 2.36. The molecule has 1 atom stereocenters. The number of halogens is 1. The number of carboxylic acids is 1. The van der Waals surface area contributed by atoms with Crippen LogP contribution in [0.25, 0.3) is 11.3 Å². The maximum atomic E-state index is 12.7. The second-order valence-corrected chi connectivity index (χ2v) is 9.05. The van der Waals surface area contributed by atoms with Crippen LogP contribution in [-0.2, 0) is 11.2 Å². The van der Waals surface area contributed by atoms with Gasteiger partial charge in [-0.05, 0) is 29.5 Å². The second kappa shape index (κ2) is 8.74. The normalized spacial score (nSPS) is 15.0. The van der Waals surface area contributed by atoms with E-state index in [0.717, 1.165) is 5.56 Å². The third-order valence-corrected chi connectivity index (χ3v) is 5.78. The Morgan fingerprint density at radius 3 is 2.65 bits per heavy atom. The minimum Gasteiger partial charge on any atom is -0.492 e. The smallest absolute Gasteiger partial charge is 0.341 e. The molecular formula is C23H25ClN2O5. The molecule has 2 heterocycles. The molecule has 0 bridgehead atoms. The summed E-state index contributed by atoms with van der Waals surface area (Å²) in [6, 6.07) is 5.29. The van der Waals surface area contributed by atoms with Crippen molar-refractivity contribution in [3.63, 3.8) is 0 Å². The molecule has 2 aromatic rings. The monoisotopic (exact) mass is 444 g/mol. The van der Waals surface area contributed by atoms with Crippen LogP contribution >= 0.6 is 11.6 Å². The van der Waals surface area contributed by atoms with Gasteiger partial charge in [0.2, 0.25) is 5.43 Å². The van der Waals surface area contributed by atoms with Crippen molar-refractivity contribution in [1.29, 1.82) is 5.26 Å². The first-order chi connectivity index (χ1) is 14.6. The molecule has 0 amide bonds. The third-order valence-electron chi connectivity index (χ3n) is 5.49. The zero-order chi connectivity index (χ0) is 22.9. The van der Waals surface area contributed by atoms with Crippen LogP contribution in [0.3, 0.4) is 0 Å². The molecule has 1 aromatic carbocycles. The van der Waals surface area contributed by atoms with Gasteiger partial charge in [0.05, 0.1) is 17.3 Å². The first-order valence-electron chi connectivity index (χ1n) is 9.97. The Morgan fingerprint density at radius 1 is 1.35 bits per heavy atom. The molecule has 3 rings (SSSR count). The van der Waals surface area contributed by atoms with E-state index in [1.54, 1.807) is 17.7 Å². The number of hydrogen-bond donors (Lipinski definition) is 1. The van der Waals surface area contributed by atoms with Gasteiger partial charge in [0, 0.05) is 37.9 Å². The molecule has 0 fully saturated rings. The Bertz CT molecular complexity index is 1120. The van der Waals surface area contributed by atoms with Crippen LogP contribution in [0.15, 0.2) is 23.1 Å². The Labute approximate surface area is 185 Å². The highest BCUT2D eigenvalue weighted by molar-refractivity contribution is 6.32. The number of methoxy groups -OCH3 is 1. The van der Waals surface area contributed by atoms with Gasteiger partial charge < -0.3 is 19.1 Å². The van der Waals surface area contributed by atoms with Crippen molar-refractivity contribution in [2.24, 2.45) is 5.41 Å². The first kappa shape index (κ1) is 22.9. The number of pyridine rings is 1. The van der Waals surface area contributed by atoms with Crippen LogP contribution in [0.1, 0.15) is 54.7 Å². The van der Waals surface area contributed by atoms with E-state index in [-0.39, 0.29) is 17.0 Å². The van der Waals surface area contributed by atoms with E-state index in [1.165, 1.54) is 6.20 Å². The summed E-state index contributed by atoms with van der Waals surface area (Å²) in [4.78, 5) is 24.4. The van der Waals surface area contributed by atoms with Crippen LogP contribution in [0.2, 0.25) is 5.02 Å². The molecule has 1 unspecified atom stereocenters. The van der Waals surface area contributed by atoms with E-state index < -0.39 is 17.0 Å². The highest BCUT2D eigenvalue weighted by Crippen LogP contribution is 2.45. The van der Waals surface area contributed by atoms with Gasteiger partial charge in [-0.2, -0.15) is 5.26 Å². The van der Waals surface area contributed by atoms with E-state index in [9.17, 15) is 20.0 Å². The van der Waals surface area contributed by atoms with Gasteiger partial charge in [-0.1, -0.05) is 32.4 Å². The minimum absolute atomic E-state index is 0.177. The van der Waals surface area contributed by atoms with Gasteiger partial charge in [-0.3, -0.25) is 4.79 Å². The molecule has 0 saturated carbocycles. The largest absolute Gasteiger partial charge is 0.492 e. The molecule has 31 heavy (non-hydrogen) atoms. The third kappa shape index (κ3) is 4.32. The van der Waals surface area contributed by atoms with Crippen LogP contribution in [0.4, 0.5) is 0 Å². The fourth-order valence-corrected chi connectivity index (χ4v) is 4.14. The number of benzene rings is 1. The average molecular weight is 445 g/mol. The van der Waals surface area contributed by atoms with Crippen LogP contribution in [-0.4, -0.2) is 36.0 Å². The predicted octanol–water partition coefficient (Wildman–Crippen LogP) is 4.30. The van der Waals surface area contributed by atoms with Gasteiger partial charge in [0.25, 0.3) is 0 Å². The number of ether oxygens (including phenoxy) is 2. The number of nitriles is 1. The standard InChI is InChI=1S/C23H25ClN2O5/c1-23(2,3)19-9-13-8-18(31-7-5-6-30-4)17(24)10-14(13)20-15(11-25)21(27)16(22(28)29)12-26(19)20/h8,10,12,19H,5-7,9H2,1-4H3,(H,28,29). The number of rotatable bonds is 6. The van der Waals surface area contributed by atoms with Crippen molar-refractivity contribution in [1.82, 2.24) is 4.57 Å². The topological polar surface area (TPSA) is 102 Å². The molecule has 0 saturated heterocycles. The van der Waals surface area contributed by atoms with E-state index in [0.29, 0.717) is 48.1 Å². The number of carbonyl (C=O) groups is 1. The molecule has 7 nitrogen and oxygen atoms in total. The highest BCUT2D eigenvalue weighted by atomic mass is 35.5. The lowest BCUT2D eigenvalue weighted by atomic mass is 9.78. The first-order valence-corrected chi connectivity index (χ1v) is 10.3. The van der Waals surface area contributed by atoms with Crippen molar-refractivity contribution < 1.29 is 19.4 Å². The minimum atomic E-state index is -1.35. The van der Waals surface area contributed by atoms with Crippen LogP contribution in [0, 0.1) is 16.7 Å².